The zero-order chi connectivity index (χ0) is 19.2. The molecule has 1 aliphatic rings. The molecule has 4 rings (SSSR count). The molecule has 0 atom stereocenters. The van der Waals surface area contributed by atoms with E-state index in [0.717, 1.165) is 18.5 Å². The van der Waals surface area contributed by atoms with Crippen LogP contribution in [-0.4, -0.2) is 20.1 Å². The van der Waals surface area contributed by atoms with Gasteiger partial charge >= 0.3 is 0 Å². The molecule has 1 N–H and O–H groups in total. The first-order valence-electron chi connectivity index (χ1n) is 9.07. The molecule has 0 unspecified atom stereocenters. The summed E-state index contributed by atoms with van der Waals surface area (Å²) in [4.78, 5) is 22.4. The molecule has 0 spiro atoms. The quantitative estimate of drug-likeness (QED) is 0.767. The fraction of sp³-hybridized carbons (Fsp3) is 0.333. The number of nitriles is 1. The van der Waals surface area contributed by atoms with Crippen LogP contribution in [0.5, 0.6) is 0 Å². The Labute approximate surface area is 157 Å². The zero-order valence-electron chi connectivity index (χ0n) is 15.7. The number of aromatic nitrogens is 3. The average Bonchev–Trinajstić information content (AvgIpc) is 3.45. The molecule has 6 nitrogen and oxygen atoms in total. The van der Waals surface area contributed by atoms with Crippen LogP contribution in [-0.2, 0) is 0 Å². The summed E-state index contributed by atoms with van der Waals surface area (Å²) in [5.41, 5.74) is 3.34. The molecule has 136 valence electrons. The van der Waals surface area contributed by atoms with Gasteiger partial charge in [0, 0.05) is 23.3 Å². The lowest BCUT2D eigenvalue weighted by molar-refractivity contribution is 0.634. The summed E-state index contributed by atoms with van der Waals surface area (Å²) >= 11 is 0. The first-order chi connectivity index (χ1) is 12.9. The highest BCUT2D eigenvalue weighted by molar-refractivity contribution is 5.87. The third-order valence-corrected chi connectivity index (χ3v) is 4.46. The summed E-state index contributed by atoms with van der Waals surface area (Å²) in [5.74, 6) is 0. The monoisotopic (exact) mass is 359 g/mol. The van der Waals surface area contributed by atoms with Crippen LogP contribution in [0.4, 0.5) is 5.69 Å². The summed E-state index contributed by atoms with van der Waals surface area (Å²) in [6.45, 7) is 6.23. The van der Waals surface area contributed by atoms with E-state index in [1.54, 1.807) is 29.0 Å². The second kappa shape index (κ2) is 6.20. The molecule has 1 aromatic carbocycles. The van der Waals surface area contributed by atoms with E-state index >= 15 is 0 Å². The van der Waals surface area contributed by atoms with Gasteiger partial charge in [0.05, 0.1) is 17.3 Å². The fourth-order valence-electron chi connectivity index (χ4n) is 3.20. The van der Waals surface area contributed by atoms with Gasteiger partial charge in [-0.3, -0.25) is 9.36 Å². The lowest BCUT2D eigenvalue weighted by Crippen LogP contribution is -2.28. The molecule has 1 aliphatic carbocycles. The van der Waals surface area contributed by atoms with Crippen molar-refractivity contribution < 1.29 is 0 Å². The largest absolute Gasteiger partial charge is 0.379 e. The number of hydrogen-bond donors (Lipinski definition) is 1. The first kappa shape index (κ1) is 17.2. The fourth-order valence-corrected chi connectivity index (χ4v) is 3.20. The van der Waals surface area contributed by atoms with Crippen molar-refractivity contribution in [2.45, 2.75) is 45.2 Å². The summed E-state index contributed by atoms with van der Waals surface area (Å²) in [6.07, 6.45) is 3.65. The number of hydrogen-bond acceptors (Lipinski definition) is 5. The minimum absolute atomic E-state index is 0.152. The van der Waals surface area contributed by atoms with Crippen molar-refractivity contribution in [3.8, 4) is 17.3 Å². The van der Waals surface area contributed by atoms with Crippen LogP contribution in [0.1, 0.15) is 45.2 Å². The molecular formula is C21H21N5O. The lowest BCUT2D eigenvalue weighted by atomic mass is 10.1. The molecule has 0 amide bonds. The maximum atomic E-state index is 13.2. The van der Waals surface area contributed by atoms with Crippen LogP contribution in [0.15, 0.2) is 41.3 Å². The van der Waals surface area contributed by atoms with Crippen LogP contribution in [0.25, 0.3) is 22.4 Å². The van der Waals surface area contributed by atoms with Gasteiger partial charge in [-0.05, 0) is 51.8 Å². The van der Waals surface area contributed by atoms with E-state index in [1.807, 2.05) is 12.1 Å². The Kier molecular flexibility index (Phi) is 3.96. The summed E-state index contributed by atoms with van der Waals surface area (Å²) < 4.78 is 1.77. The predicted octanol–water partition coefficient (Wildman–Crippen LogP) is 3.88. The average molecular weight is 359 g/mol. The summed E-state index contributed by atoms with van der Waals surface area (Å²) in [6, 6.07) is 11.2. The van der Waals surface area contributed by atoms with E-state index in [1.165, 1.54) is 0 Å². The minimum Gasteiger partial charge on any atom is -0.379 e. The summed E-state index contributed by atoms with van der Waals surface area (Å²) in [7, 11) is 0. The minimum atomic E-state index is -0.155. The first-order valence-corrected chi connectivity index (χ1v) is 9.07. The van der Waals surface area contributed by atoms with Crippen molar-refractivity contribution in [2.75, 3.05) is 5.32 Å². The van der Waals surface area contributed by atoms with Gasteiger partial charge in [-0.15, -0.1) is 0 Å². The maximum absolute atomic E-state index is 13.2. The Morgan fingerprint density at radius 3 is 2.70 bits per heavy atom. The maximum Gasteiger partial charge on any atom is 0.279 e. The predicted molar refractivity (Wildman–Crippen MR) is 106 cm³/mol. The van der Waals surface area contributed by atoms with Crippen LogP contribution in [0.3, 0.4) is 0 Å². The Bertz CT molecular complexity index is 1130. The van der Waals surface area contributed by atoms with Crippen LogP contribution in [0, 0.1) is 11.3 Å². The Morgan fingerprint density at radius 1 is 1.26 bits per heavy atom. The molecule has 0 radical (unpaired) electrons. The van der Waals surface area contributed by atoms with E-state index in [-0.39, 0.29) is 17.1 Å². The standard InChI is InChI=1S/C21H21N5O/c1-21(2,3)25-16-9-10-23-19-18(16)24-17(20(27)26(19)15-7-8-15)14-6-4-5-13(11-14)12-22/h4-6,9-11,15H,7-8H2,1-3H3,(H,23,25). The molecule has 6 heteroatoms. The molecule has 1 saturated carbocycles. The summed E-state index contributed by atoms with van der Waals surface area (Å²) in [5, 5.41) is 12.7. The zero-order valence-corrected chi connectivity index (χ0v) is 15.7. The Balaban J connectivity index is 2.02. The normalized spacial score (nSPS) is 14.1. The lowest BCUT2D eigenvalue weighted by Gasteiger charge is -2.23. The number of fused-ring (bicyclic) bond motifs is 1. The molecule has 0 bridgehead atoms. The number of nitrogens with zero attached hydrogens (tertiary/aromatic N) is 4. The van der Waals surface area contributed by atoms with Gasteiger partial charge in [0.1, 0.15) is 11.2 Å². The Morgan fingerprint density at radius 2 is 2.04 bits per heavy atom. The topological polar surface area (TPSA) is 83.6 Å². The van der Waals surface area contributed by atoms with Gasteiger partial charge in [0.25, 0.3) is 5.56 Å². The number of pyridine rings is 1. The smallest absolute Gasteiger partial charge is 0.279 e. The van der Waals surface area contributed by atoms with Crippen LogP contribution in [0.2, 0.25) is 0 Å². The molecule has 27 heavy (non-hydrogen) atoms. The van der Waals surface area contributed by atoms with Gasteiger partial charge in [0.15, 0.2) is 5.65 Å². The molecular weight excluding hydrogens is 338 g/mol. The number of rotatable bonds is 3. The molecule has 0 aliphatic heterocycles. The second-order valence-electron chi connectivity index (χ2n) is 7.97. The molecule has 0 saturated heterocycles. The third-order valence-electron chi connectivity index (χ3n) is 4.46. The molecule has 2 heterocycles. The van der Waals surface area contributed by atoms with Crippen molar-refractivity contribution in [3.05, 3.63) is 52.4 Å². The SMILES string of the molecule is CC(C)(C)Nc1ccnc2c1nc(-c1cccc(C#N)c1)c(=O)n2C1CC1. The van der Waals surface area contributed by atoms with Crippen molar-refractivity contribution in [2.24, 2.45) is 0 Å². The van der Waals surface area contributed by atoms with Crippen molar-refractivity contribution in [1.82, 2.24) is 14.5 Å². The van der Waals surface area contributed by atoms with Gasteiger partial charge in [0.2, 0.25) is 0 Å². The highest BCUT2D eigenvalue weighted by Crippen LogP contribution is 2.37. The van der Waals surface area contributed by atoms with Crippen molar-refractivity contribution in [3.63, 3.8) is 0 Å². The van der Waals surface area contributed by atoms with E-state index in [2.05, 4.69) is 37.1 Å². The van der Waals surface area contributed by atoms with Crippen LogP contribution >= 0.6 is 0 Å². The highest BCUT2D eigenvalue weighted by atomic mass is 16.1. The van der Waals surface area contributed by atoms with Gasteiger partial charge in [-0.1, -0.05) is 12.1 Å². The van der Waals surface area contributed by atoms with Gasteiger partial charge in [-0.25, -0.2) is 9.97 Å². The number of anilines is 1. The van der Waals surface area contributed by atoms with E-state index in [0.29, 0.717) is 28.0 Å². The van der Waals surface area contributed by atoms with E-state index in [4.69, 9.17) is 4.98 Å². The van der Waals surface area contributed by atoms with E-state index < -0.39 is 0 Å². The molecule has 1 fully saturated rings. The molecule has 2 aromatic heterocycles. The van der Waals surface area contributed by atoms with Crippen molar-refractivity contribution >= 4 is 16.9 Å². The van der Waals surface area contributed by atoms with Crippen LogP contribution < -0.4 is 10.9 Å². The highest BCUT2D eigenvalue weighted by Gasteiger charge is 2.29. The van der Waals surface area contributed by atoms with E-state index in [9.17, 15) is 10.1 Å². The third kappa shape index (κ3) is 3.28. The van der Waals surface area contributed by atoms with Gasteiger partial charge in [-0.2, -0.15) is 5.26 Å². The van der Waals surface area contributed by atoms with Gasteiger partial charge < -0.3 is 5.32 Å². The number of benzene rings is 1. The number of nitrogens with one attached hydrogen (secondary N) is 1. The Hall–Kier alpha value is -3.20. The van der Waals surface area contributed by atoms with Crippen molar-refractivity contribution in [1.29, 1.82) is 5.26 Å². The second-order valence-corrected chi connectivity index (χ2v) is 7.97. The molecule has 3 aromatic rings.